The number of imide groups is 1. The molecule has 2 aliphatic heterocycles. The molecule has 188 valence electrons. The molecule has 10 heteroatoms. The maximum atomic E-state index is 13.1. The van der Waals surface area contributed by atoms with E-state index in [2.05, 4.69) is 5.32 Å². The van der Waals surface area contributed by atoms with Crippen LogP contribution in [0.2, 0.25) is 0 Å². The summed E-state index contributed by atoms with van der Waals surface area (Å²) in [5.74, 6) is 0.166. The highest BCUT2D eigenvalue weighted by Gasteiger charge is 2.36. The van der Waals surface area contributed by atoms with Crippen LogP contribution < -0.4 is 19.5 Å². The third-order valence-corrected chi connectivity index (χ3v) is 6.42. The Morgan fingerprint density at radius 2 is 1.78 bits per heavy atom. The van der Waals surface area contributed by atoms with Crippen LogP contribution in [0.5, 0.6) is 17.2 Å². The van der Waals surface area contributed by atoms with Crippen molar-refractivity contribution in [2.75, 3.05) is 25.1 Å². The lowest BCUT2D eigenvalue weighted by Crippen LogP contribution is -2.36. The predicted molar refractivity (Wildman–Crippen MR) is 136 cm³/mol. The molecule has 0 radical (unpaired) electrons. The average Bonchev–Trinajstić information content (AvgIpc) is 3.16. The third kappa shape index (κ3) is 5.75. The predicted octanol–water partition coefficient (Wildman–Crippen LogP) is 4.85. The van der Waals surface area contributed by atoms with E-state index in [-0.39, 0.29) is 17.3 Å². The Balaban J connectivity index is 1.24. The van der Waals surface area contributed by atoms with Crippen molar-refractivity contribution in [3.63, 3.8) is 0 Å². The molecule has 0 aliphatic carbocycles. The van der Waals surface area contributed by atoms with Gasteiger partial charge in [-0.2, -0.15) is 0 Å². The number of nitrogens with zero attached hydrogens (tertiary/aromatic N) is 1. The molecule has 8 nitrogen and oxygen atoms in total. The van der Waals surface area contributed by atoms with Crippen LogP contribution in [0.25, 0.3) is 6.08 Å². The third-order valence-electron chi connectivity index (χ3n) is 5.51. The van der Waals surface area contributed by atoms with Crippen molar-refractivity contribution in [3.05, 3.63) is 88.6 Å². The van der Waals surface area contributed by atoms with Crippen molar-refractivity contribution in [2.24, 2.45) is 0 Å². The number of hydrogen-bond donors (Lipinski definition) is 1. The minimum Gasteiger partial charge on any atom is -0.488 e. The number of para-hydroxylation sites is 1. The van der Waals surface area contributed by atoms with Gasteiger partial charge in [0.05, 0.1) is 4.91 Å². The van der Waals surface area contributed by atoms with Gasteiger partial charge in [0.25, 0.3) is 11.1 Å². The van der Waals surface area contributed by atoms with Crippen LogP contribution in [-0.2, 0) is 16.2 Å². The van der Waals surface area contributed by atoms with Crippen LogP contribution in [0.3, 0.4) is 0 Å². The lowest BCUT2D eigenvalue weighted by atomic mass is 10.1. The Hall–Kier alpha value is -4.31. The molecule has 37 heavy (non-hydrogen) atoms. The summed E-state index contributed by atoms with van der Waals surface area (Å²) in [6.07, 6.45) is 1.56. The van der Waals surface area contributed by atoms with E-state index in [1.54, 1.807) is 60.7 Å². The maximum absolute atomic E-state index is 13.1. The van der Waals surface area contributed by atoms with Gasteiger partial charge in [0.15, 0.2) is 11.5 Å². The summed E-state index contributed by atoms with van der Waals surface area (Å²) >= 11 is 0.753. The topological polar surface area (TPSA) is 94.2 Å². The summed E-state index contributed by atoms with van der Waals surface area (Å²) < 4.78 is 30.0. The summed E-state index contributed by atoms with van der Waals surface area (Å²) in [6, 6.07) is 18.0. The number of rotatable bonds is 7. The zero-order valence-corrected chi connectivity index (χ0v) is 20.3. The Kier molecular flexibility index (Phi) is 7.09. The zero-order valence-electron chi connectivity index (χ0n) is 19.4. The number of ether oxygens (including phenoxy) is 3. The molecular weight excluding hydrogens is 499 g/mol. The Morgan fingerprint density at radius 3 is 2.59 bits per heavy atom. The fourth-order valence-corrected chi connectivity index (χ4v) is 4.54. The van der Waals surface area contributed by atoms with Crippen LogP contribution in [0.15, 0.2) is 71.6 Å². The lowest BCUT2D eigenvalue weighted by Gasteiger charge is -2.19. The van der Waals surface area contributed by atoms with E-state index in [0.29, 0.717) is 41.7 Å². The van der Waals surface area contributed by atoms with E-state index in [4.69, 9.17) is 14.2 Å². The number of carbonyl (C=O) groups excluding carboxylic acids is 3. The zero-order chi connectivity index (χ0) is 25.8. The second kappa shape index (κ2) is 10.8. The Bertz CT molecular complexity index is 1390. The number of carbonyl (C=O) groups is 3. The van der Waals surface area contributed by atoms with Gasteiger partial charge < -0.3 is 19.5 Å². The molecule has 0 unspecified atom stereocenters. The normalized spacial score (nSPS) is 15.7. The number of fused-ring (bicyclic) bond motifs is 1. The van der Waals surface area contributed by atoms with Crippen LogP contribution in [0, 0.1) is 5.82 Å². The van der Waals surface area contributed by atoms with E-state index in [9.17, 15) is 18.8 Å². The number of halogens is 1. The van der Waals surface area contributed by atoms with Crippen LogP contribution >= 0.6 is 11.8 Å². The van der Waals surface area contributed by atoms with Gasteiger partial charge in [-0.3, -0.25) is 19.3 Å². The summed E-state index contributed by atoms with van der Waals surface area (Å²) in [6.45, 7) is 0.635. The standard InChI is InChI=1S/C27H21FN2O6S/c28-19-7-5-17(6-8-19)16-36-21-4-2-1-3-18(21)13-24-26(32)30(27(33)37-24)15-25(31)29-20-9-10-22-23(14-20)35-12-11-34-22/h1-10,13-14H,11-12,15-16H2,(H,29,31)/b24-13-. The quantitative estimate of drug-likeness (QED) is 0.445. The van der Waals surface area contributed by atoms with Gasteiger partial charge in [0.2, 0.25) is 5.91 Å². The molecule has 0 atom stereocenters. The molecule has 2 heterocycles. The molecule has 5 rings (SSSR count). The van der Waals surface area contributed by atoms with Gasteiger partial charge in [-0.1, -0.05) is 30.3 Å². The lowest BCUT2D eigenvalue weighted by molar-refractivity contribution is -0.127. The molecule has 2 aliphatic rings. The second-order valence-electron chi connectivity index (χ2n) is 8.13. The van der Waals surface area contributed by atoms with Crippen LogP contribution in [0.1, 0.15) is 11.1 Å². The SMILES string of the molecule is O=C(CN1C(=O)S/C(=C\c2ccccc2OCc2ccc(F)cc2)C1=O)Nc1ccc2c(c1)OCCO2. The summed E-state index contributed by atoms with van der Waals surface area (Å²) in [5.41, 5.74) is 1.83. The van der Waals surface area contributed by atoms with Crippen molar-refractivity contribution in [1.82, 2.24) is 4.90 Å². The summed E-state index contributed by atoms with van der Waals surface area (Å²) in [4.78, 5) is 39.1. The number of amides is 3. The molecule has 3 aromatic rings. The molecule has 1 saturated heterocycles. The number of thioether (sulfide) groups is 1. The van der Waals surface area contributed by atoms with Crippen molar-refractivity contribution in [1.29, 1.82) is 0 Å². The first kappa shape index (κ1) is 24.4. The Morgan fingerprint density at radius 1 is 1.03 bits per heavy atom. The van der Waals surface area contributed by atoms with E-state index < -0.39 is 23.6 Å². The van der Waals surface area contributed by atoms with Crippen molar-refractivity contribution in [2.45, 2.75) is 6.61 Å². The van der Waals surface area contributed by atoms with Gasteiger partial charge in [-0.05, 0) is 53.7 Å². The first-order valence-corrected chi connectivity index (χ1v) is 12.2. The van der Waals surface area contributed by atoms with E-state index in [1.165, 1.54) is 12.1 Å². The molecule has 1 N–H and O–H groups in total. The monoisotopic (exact) mass is 520 g/mol. The average molecular weight is 521 g/mol. The molecule has 0 spiro atoms. The minimum absolute atomic E-state index is 0.176. The molecule has 0 saturated carbocycles. The number of benzene rings is 3. The highest BCUT2D eigenvalue weighted by atomic mass is 32.2. The number of nitrogens with one attached hydrogen (secondary N) is 1. The van der Waals surface area contributed by atoms with Gasteiger partial charge in [0.1, 0.15) is 37.9 Å². The highest BCUT2D eigenvalue weighted by Crippen LogP contribution is 2.35. The highest BCUT2D eigenvalue weighted by molar-refractivity contribution is 8.18. The van der Waals surface area contributed by atoms with Gasteiger partial charge in [0, 0.05) is 17.3 Å². The fourth-order valence-electron chi connectivity index (χ4n) is 3.72. The Labute approximate surface area is 216 Å². The molecule has 0 aromatic heterocycles. The van der Waals surface area contributed by atoms with Crippen LogP contribution in [-0.4, -0.2) is 41.7 Å². The van der Waals surface area contributed by atoms with E-state index >= 15 is 0 Å². The molecule has 3 amide bonds. The molecular formula is C27H21FN2O6S. The minimum atomic E-state index is -0.569. The molecule has 1 fully saturated rings. The number of hydrogen-bond acceptors (Lipinski definition) is 7. The van der Waals surface area contributed by atoms with Gasteiger partial charge >= 0.3 is 0 Å². The van der Waals surface area contributed by atoms with Crippen LogP contribution in [0.4, 0.5) is 14.9 Å². The number of anilines is 1. The summed E-state index contributed by atoms with van der Waals surface area (Å²) in [7, 11) is 0. The van der Waals surface area contributed by atoms with Gasteiger partial charge in [-0.25, -0.2) is 4.39 Å². The van der Waals surface area contributed by atoms with Gasteiger partial charge in [-0.15, -0.1) is 0 Å². The summed E-state index contributed by atoms with van der Waals surface area (Å²) in [5, 5.41) is 2.13. The second-order valence-corrected chi connectivity index (χ2v) is 9.12. The van der Waals surface area contributed by atoms with Crippen molar-refractivity contribution in [3.8, 4) is 17.2 Å². The fraction of sp³-hybridized carbons (Fsp3) is 0.148. The molecule has 0 bridgehead atoms. The van der Waals surface area contributed by atoms with E-state index in [0.717, 1.165) is 22.2 Å². The molecule has 3 aromatic carbocycles. The smallest absolute Gasteiger partial charge is 0.294 e. The van der Waals surface area contributed by atoms with Crippen molar-refractivity contribution < 1.29 is 33.0 Å². The first-order chi connectivity index (χ1) is 18.0. The first-order valence-electron chi connectivity index (χ1n) is 11.4. The largest absolute Gasteiger partial charge is 0.488 e. The van der Waals surface area contributed by atoms with E-state index in [1.807, 2.05) is 0 Å². The van der Waals surface area contributed by atoms with Crippen molar-refractivity contribution >= 4 is 40.6 Å². The maximum Gasteiger partial charge on any atom is 0.294 e.